The van der Waals surface area contributed by atoms with E-state index in [9.17, 15) is 4.79 Å². The van der Waals surface area contributed by atoms with Crippen LogP contribution in [0.1, 0.15) is 5.56 Å². The van der Waals surface area contributed by atoms with E-state index in [1.165, 1.54) is 6.08 Å². The second-order valence-electron chi connectivity index (χ2n) is 6.77. The third-order valence-corrected chi connectivity index (χ3v) is 4.80. The topological polar surface area (TPSA) is 98.9 Å². The van der Waals surface area contributed by atoms with Gasteiger partial charge in [-0.05, 0) is 30.3 Å². The number of hydrogen-bond acceptors (Lipinski definition) is 7. The first-order valence-corrected chi connectivity index (χ1v) is 9.80. The zero-order chi connectivity index (χ0) is 23.1. The van der Waals surface area contributed by atoms with Crippen LogP contribution in [0.3, 0.4) is 0 Å². The molecule has 0 aliphatic heterocycles. The van der Waals surface area contributed by atoms with Crippen molar-refractivity contribution in [2.24, 2.45) is 0 Å². The lowest BCUT2D eigenvalue weighted by atomic mass is 10.2. The van der Waals surface area contributed by atoms with Crippen molar-refractivity contribution >= 4 is 34.9 Å². The van der Waals surface area contributed by atoms with Crippen molar-refractivity contribution in [3.63, 3.8) is 0 Å². The Hall–Kier alpha value is -4.20. The second kappa shape index (κ2) is 10.2. The molecular weight excluding hydrogens is 408 g/mol. The summed E-state index contributed by atoms with van der Waals surface area (Å²) in [4.78, 5) is 18.8. The van der Waals surface area contributed by atoms with Gasteiger partial charge in [-0.3, -0.25) is 4.79 Å². The minimum atomic E-state index is -0.298. The Labute approximate surface area is 187 Å². The molecule has 1 heterocycles. The molecule has 1 amide bonds. The first-order valence-electron chi connectivity index (χ1n) is 9.80. The monoisotopic (exact) mass is 434 g/mol. The molecule has 166 valence electrons. The number of amides is 1. The molecule has 32 heavy (non-hydrogen) atoms. The van der Waals surface area contributed by atoms with Crippen LogP contribution in [-0.2, 0) is 4.79 Å². The molecule has 0 bridgehead atoms. The fraction of sp³-hybridized carbons (Fsp3) is 0.167. The average Bonchev–Trinajstić information content (AvgIpc) is 2.82. The number of aromatic nitrogens is 1. The first kappa shape index (κ1) is 22.5. The summed E-state index contributed by atoms with van der Waals surface area (Å²) in [6.07, 6.45) is 4.83. The number of hydrogen-bond donors (Lipinski definition) is 2. The van der Waals surface area contributed by atoms with Gasteiger partial charge < -0.3 is 30.2 Å². The van der Waals surface area contributed by atoms with Crippen LogP contribution in [0.15, 0.2) is 60.8 Å². The van der Waals surface area contributed by atoms with E-state index in [1.54, 1.807) is 57.9 Å². The highest BCUT2D eigenvalue weighted by Gasteiger charge is 2.17. The van der Waals surface area contributed by atoms with Crippen molar-refractivity contribution in [1.29, 1.82) is 0 Å². The maximum atomic E-state index is 12.4. The van der Waals surface area contributed by atoms with Gasteiger partial charge >= 0.3 is 0 Å². The Morgan fingerprint density at radius 3 is 2.34 bits per heavy atom. The van der Waals surface area contributed by atoms with Crippen LogP contribution >= 0.6 is 0 Å². The van der Waals surface area contributed by atoms with Crippen LogP contribution in [0.5, 0.6) is 17.2 Å². The van der Waals surface area contributed by atoms with Gasteiger partial charge in [0.2, 0.25) is 11.7 Å². The first-order chi connectivity index (χ1) is 15.5. The molecule has 0 spiro atoms. The zero-order valence-electron chi connectivity index (χ0n) is 18.5. The van der Waals surface area contributed by atoms with Crippen molar-refractivity contribution < 1.29 is 19.0 Å². The highest BCUT2D eigenvalue weighted by Crippen LogP contribution is 2.42. The van der Waals surface area contributed by atoms with Gasteiger partial charge in [-0.15, -0.1) is 0 Å². The van der Waals surface area contributed by atoms with E-state index in [2.05, 4.69) is 10.3 Å². The van der Waals surface area contributed by atoms with Crippen LogP contribution in [0.4, 0.5) is 22.9 Å². The summed E-state index contributed by atoms with van der Waals surface area (Å²) in [6, 6.07) is 14.4. The van der Waals surface area contributed by atoms with E-state index in [1.807, 2.05) is 36.2 Å². The minimum absolute atomic E-state index is 0.298. The molecule has 0 radical (unpaired) electrons. The predicted molar refractivity (Wildman–Crippen MR) is 127 cm³/mol. The number of nitrogens with two attached hydrogens (primary N) is 1. The Balaban J connectivity index is 1.88. The van der Waals surface area contributed by atoms with Crippen molar-refractivity contribution in [1.82, 2.24) is 4.98 Å². The van der Waals surface area contributed by atoms with E-state index in [0.717, 1.165) is 11.3 Å². The summed E-state index contributed by atoms with van der Waals surface area (Å²) in [6.45, 7) is 0. The van der Waals surface area contributed by atoms with Crippen LogP contribution in [-0.4, -0.2) is 39.3 Å². The summed E-state index contributed by atoms with van der Waals surface area (Å²) in [5.41, 5.74) is 8.47. The zero-order valence-corrected chi connectivity index (χ0v) is 18.5. The fourth-order valence-electron chi connectivity index (χ4n) is 3.15. The molecule has 0 saturated heterocycles. The summed E-state index contributed by atoms with van der Waals surface area (Å²) in [5, 5.41) is 2.77. The summed E-state index contributed by atoms with van der Waals surface area (Å²) >= 11 is 0. The van der Waals surface area contributed by atoms with Gasteiger partial charge in [-0.25, -0.2) is 4.98 Å². The van der Waals surface area contributed by atoms with E-state index < -0.39 is 0 Å². The van der Waals surface area contributed by atoms with E-state index >= 15 is 0 Å². The largest absolute Gasteiger partial charge is 0.493 e. The lowest BCUT2D eigenvalue weighted by molar-refractivity contribution is -0.111. The second-order valence-corrected chi connectivity index (χ2v) is 6.77. The summed E-state index contributed by atoms with van der Waals surface area (Å²) in [5.74, 6) is 1.91. The molecule has 3 rings (SSSR count). The fourth-order valence-corrected chi connectivity index (χ4v) is 3.15. The number of anilines is 4. The van der Waals surface area contributed by atoms with Gasteiger partial charge in [0.05, 0.1) is 32.7 Å². The normalized spacial score (nSPS) is 10.6. The lowest BCUT2D eigenvalue weighted by Gasteiger charge is -2.22. The lowest BCUT2D eigenvalue weighted by Crippen LogP contribution is -2.13. The molecule has 8 nitrogen and oxygen atoms in total. The highest BCUT2D eigenvalue weighted by molar-refractivity contribution is 6.03. The maximum Gasteiger partial charge on any atom is 0.248 e. The molecule has 3 aromatic rings. The van der Waals surface area contributed by atoms with Crippen molar-refractivity contribution in [2.75, 3.05) is 44.3 Å². The molecule has 0 atom stereocenters. The number of benzene rings is 2. The van der Waals surface area contributed by atoms with E-state index in [4.69, 9.17) is 19.9 Å². The summed E-state index contributed by atoms with van der Waals surface area (Å²) < 4.78 is 16.3. The van der Waals surface area contributed by atoms with Gasteiger partial charge in [-0.1, -0.05) is 12.1 Å². The average molecular weight is 434 g/mol. The third kappa shape index (κ3) is 4.92. The Morgan fingerprint density at radius 1 is 1.03 bits per heavy atom. The summed E-state index contributed by atoms with van der Waals surface area (Å²) in [7, 11) is 6.55. The molecule has 0 aliphatic rings. The van der Waals surface area contributed by atoms with Gasteiger partial charge in [0, 0.05) is 42.7 Å². The number of carbonyl (C=O) groups excluding carboxylic acids is 1. The van der Waals surface area contributed by atoms with Gasteiger partial charge in [-0.2, -0.15) is 0 Å². The van der Waals surface area contributed by atoms with Gasteiger partial charge in [0.25, 0.3) is 0 Å². The number of para-hydroxylation sites is 2. The van der Waals surface area contributed by atoms with Crippen LogP contribution < -0.4 is 30.2 Å². The molecular formula is C24H26N4O4. The van der Waals surface area contributed by atoms with Crippen molar-refractivity contribution in [3.05, 3.63) is 66.4 Å². The molecule has 8 heteroatoms. The number of rotatable bonds is 8. The molecule has 3 N–H and O–H groups in total. The Bertz CT molecular complexity index is 1110. The van der Waals surface area contributed by atoms with Crippen LogP contribution in [0, 0.1) is 0 Å². The number of carbonyl (C=O) groups is 1. The number of nitrogens with one attached hydrogen (secondary N) is 1. The van der Waals surface area contributed by atoms with E-state index in [-0.39, 0.29) is 5.91 Å². The van der Waals surface area contributed by atoms with Gasteiger partial charge in [0.1, 0.15) is 5.82 Å². The molecule has 2 aromatic carbocycles. The molecule has 1 aromatic heterocycles. The van der Waals surface area contributed by atoms with Crippen molar-refractivity contribution in [3.8, 4) is 17.2 Å². The number of ether oxygens (including phenoxy) is 3. The molecule has 0 unspecified atom stereocenters. The molecule has 0 fully saturated rings. The number of methoxy groups -OCH3 is 3. The molecule has 0 saturated carbocycles. The molecule has 0 aliphatic carbocycles. The minimum Gasteiger partial charge on any atom is -0.493 e. The highest BCUT2D eigenvalue weighted by atomic mass is 16.5. The number of nitrogen functional groups attached to an aromatic ring is 1. The van der Waals surface area contributed by atoms with Crippen LogP contribution in [0.25, 0.3) is 6.08 Å². The SMILES string of the molecule is COc1cc(N(C)c2ncccc2/C=C/C(=O)Nc2ccccc2N)cc(OC)c1OC. The maximum absolute atomic E-state index is 12.4. The number of nitrogens with zero attached hydrogens (tertiary/aromatic N) is 2. The standard InChI is InChI=1S/C24H26N4O4/c1-28(17-14-20(30-2)23(32-4)21(15-17)31-3)24-16(8-7-13-26-24)11-12-22(29)27-19-10-6-5-9-18(19)25/h5-15H,25H2,1-4H3,(H,27,29)/b12-11+. The predicted octanol–water partition coefficient (Wildman–Crippen LogP) is 4.11. The Morgan fingerprint density at radius 2 is 1.72 bits per heavy atom. The van der Waals surface area contributed by atoms with Gasteiger partial charge in [0.15, 0.2) is 11.5 Å². The van der Waals surface area contributed by atoms with E-state index in [0.29, 0.717) is 34.4 Å². The third-order valence-electron chi connectivity index (χ3n) is 4.80. The quantitative estimate of drug-likeness (QED) is 0.407. The van der Waals surface area contributed by atoms with Crippen LogP contribution in [0.2, 0.25) is 0 Å². The Kier molecular flexibility index (Phi) is 7.17. The smallest absolute Gasteiger partial charge is 0.248 e. The van der Waals surface area contributed by atoms with Crippen molar-refractivity contribution in [2.45, 2.75) is 0 Å². The number of pyridine rings is 1.